The second-order valence-corrected chi connectivity index (χ2v) is 6.16. The van der Waals surface area contributed by atoms with Gasteiger partial charge >= 0.3 is 5.69 Å². The third-order valence-corrected chi connectivity index (χ3v) is 4.38. The second kappa shape index (κ2) is 6.05. The van der Waals surface area contributed by atoms with Gasteiger partial charge in [-0.1, -0.05) is 29.8 Å². The summed E-state index contributed by atoms with van der Waals surface area (Å²) < 4.78 is 3.23. The van der Waals surface area contributed by atoms with Gasteiger partial charge in [0.15, 0.2) is 0 Å². The zero-order chi connectivity index (χ0) is 16.5. The smallest absolute Gasteiger partial charge is 0.290 e. The number of rotatable bonds is 3. The quantitative estimate of drug-likeness (QED) is 0.737. The lowest BCUT2D eigenvalue weighted by Gasteiger charge is -2.26. The molecule has 0 aliphatic carbocycles. The van der Waals surface area contributed by atoms with Crippen LogP contribution < -0.4 is 5.69 Å². The van der Waals surface area contributed by atoms with Crippen LogP contribution in [0.4, 0.5) is 0 Å². The van der Waals surface area contributed by atoms with Crippen molar-refractivity contribution >= 4 is 0 Å². The van der Waals surface area contributed by atoms with E-state index in [4.69, 9.17) is 0 Å². The van der Waals surface area contributed by atoms with E-state index in [1.54, 1.807) is 29.1 Å². The number of pyridine rings is 1. The summed E-state index contributed by atoms with van der Waals surface area (Å²) in [6.45, 7) is 5.17. The Bertz CT molecular complexity index is 895. The van der Waals surface area contributed by atoms with E-state index in [0.717, 1.165) is 24.6 Å². The minimum absolute atomic E-state index is 0.0776. The van der Waals surface area contributed by atoms with E-state index in [2.05, 4.69) is 46.2 Å². The van der Waals surface area contributed by atoms with Gasteiger partial charge in [0.2, 0.25) is 0 Å². The molecular weight excluding hydrogens is 302 g/mol. The van der Waals surface area contributed by atoms with E-state index in [1.807, 2.05) is 0 Å². The van der Waals surface area contributed by atoms with Gasteiger partial charge in [0.25, 0.3) is 0 Å². The summed E-state index contributed by atoms with van der Waals surface area (Å²) in [6.07, 6.45) is 3.34. The number of hydrogen-bond donors (Lipinski definition) is 0. The number of nitrogens with zero attached hydrogens (tertiary/aromatic N) is 5. The van der Waals surface area contributed by atoms with Crippen LogP contribution in [0.15, 0.2) is 53.6 Å². The first-order chi connectivity index (χ1) is 11.7. The monoisotopic (exact) mass is 321 g/mol. The molecule has 0 N–H and O–H groups in total. The van der Waals surface area contributed by atoms with Crippen molar-refractivity contribution in [2.24, 2.45) is 0 Å². The number of hydrogen-bond acceptors (Lipinski definition) is 4. The van der Waals surface area contributed by atoms with Crippen LogP contribution in [0.25, 0.3) is 5.69 Å². The average Bonchev–Trinajstić information content (AvgIpc) is 2.94. The molecule has 4 rings (SSSR count). The Balaban J connectivity index is 1.57. The fraction of sp³-hybridized carbons (Fsp3) is 0.278. The molecule has 6 heteroatoms. The van der Waals surface area contributed by atoms with E-state index < -0.39 is 0 Å². The lowest BCUT2D eigenvalue weighted by Crippen LogP contribution is -2.37. The summed E-state index contributed by atoms with van der Waals surface area (Å²) in [5, 5.41) is 4.52. The normalized spacial score (nSPS) is 14.5. The van der Waals surface area contributed by atoms with Crippen molar-refractivity contribution in [1.29, 1.82) is 0 Å². The molecule has 24 heavy (non-hydrogen) atoms. The molecule has 0 saturated heterocycles. The molecule has 1 aliphatic heterocycles. The fourth-order valence-corrected chi connectivity index (χ4v) is 3.04. The van der Waals surface area contributed by atoms with Gasteiger partial charge < -0.3 is 0 Å². The third kappa shape index (κ3) is 2.76. The van der Waals surface area contributed by atoms with Gasteiger partial charge in [0.1, 0.15) is 5.82 Å². The number of aromatic nitrogens is 4. The van der Waals surface area contributed by atoms with Gasteiger partial charge in [-0.25, -0.2) is 4.79 Å². The Morgan fingerprint density at radius 3 is 2.54 bits per heavy atom. The summed E-state index contributed by atoms with van der Waals surface area (Å²) in [4.78, 5) is 18.9. The van der Waals surface area contributed by atoms with Crippen LogP contribution in [-0.4, -0.2) is 30.8 Å². The van der Waals surface area contributed by atoms with Crippen molar-refractivity contribution in [2.75, 3.05) is 6.54 Å². The van der Waals surface area contributed by atoms with Crippen molar-refractivity contribution in [3.8, 4) is 5.69 Å². The Kier molecular flexibility index (Phi) is 3.74. The van der Waals surface area contributed by atoms with Crippen LogP contribution in [0.2, 0.25) is 0 Å². The van der Waals surface area contributed by atoms with Crippen LogP contribution in [-0.2, 0) is 19.6 Å². The van der Waals surface area contributed by atoms with Gasteiger partial charge in [-0.2, -0.15) is 4.68 Å². The molecule has 6 nitrogen and oxygen atoms in total. The highest BCUT2D eigenvalue weighted by Gasteiger charge is 2.22. The van der Waals surface area contributed by atoms with Crippen LogP contribution in [0.5, 0.6) is 0 Å². The molecule has 0 saturated carbocycles. The maximum atomic E-state index is 12.5. The van der Waals surface area contributed by atoms with Crippen LogP contribution in [0.3, 0.4) is 0 Å². The first-order valence-electron chi connectivity index (χ1n) is 8.08. The highest BCUT2D eigenvalue weighted by molar-refractivity contribution is 5.27. The zero-order valence-electron chi connectivity index (χ0n) is 13.6. The molecule has 3 aromatic rings. The van der Waals surface area contributed by atoms with Crippen molar-refractivity contribution in [3.05, 3.63) is 76.2 Å². The van der Waals surface area contributed by atoms with E-state index >= 15 is 0 Å². The van der Waals surface area contributed by atoms with E-state index in [1.165, 1.54) is 15.8 Å². The Morgan fingerprint density at radius 2 is 1.79 bits per heavy atom. The maximum Gasteiger partial charge on any atom is 0.350 e. The van der Waals surface area contributed by atoms with Crippen LogP contribution >= 0.6 is 0 Å². The molecule has 0 amide bonds. The fourth-order valence-electron chi connectivity index (χ4n) is 3.04. The standard InChI is InChI=1S/C18H19N5O/c1-14-2-4-15(5-3-14)12-21-10-11-22-17(13-21)20-23(18(22)24)16-6-8-19-9-7-16/h2-9H,10-13H2,1H3. The second-order valence-electron chi connectivity index (χ2n) is 6.16. The predicted molar refractivity (Wildman–Crippen MR) is 90.9 cm³/mol. The summed E-state index contributed by atoms with van der Waals surface area (Å²) in [7, 11) is 0. The zero-order valence-corrected chi connectivity index (χ0v) is 13.6. The predicted octanol–water partition coefficient (Wildman–Crippen LogP) is 1.75. The molecule has 3 heterocycles. The Hall–Kier alpha value is -2.73. The van der Waals surface area contributed by atoms with Gasteiger partial charge in [-0.3, -0.25) is 14.5 Å². The molecule has 1 aliphatic rings. The Morgan fingerprint density at radius 1 is 1.04 bits per heavy atom. The SMILES string of the molecule is Cc1ccc(CN2CCn3c(nn(-c4ccncc4)c3=O)C2)cc1. The molecule has 0 spiro atoms. The minimum atomic E-state index is -0.0776. The maximum absolute atomic E-state index is 12.5. The topological polar surface area (TPSA) is 56.0 Å². The third-order valence-electron chi connectivity index (χ3n) is 4.38. The lowest BCUT2D eigenvalue weighted by atomic mass is 10.1. The highest BCUT2D eigenvalue weighted by atomic mass is 16.2. The minimum Gasteiger partial charge on any atom is -0.290 e. The van der Waals surface area contributed by atoms with E-state index in [-0.39, 0.29) is 5.69 Å². The lowest BCUT2D eigenvalue weighted by molar-refractivity contribution is 0.207. The molecule has 0 unspecified atom stereocenters. The highest BCUT2D eigenvalue weighted by Crippen LogP contribution is 2.14. The number of fused-ring (bicyclic) bond motifs is 1. The molecule has 0 atom stereocenters. The summed E-state index contributed by atoms with van der Waals surface area (Å²) in [5.74, 6) is 0.815. The summed E-state index contributed by atoms with van der Waals surface area (Å²) >= 11 is 0. The van der Waals surface area contributed by atoms with Gasteiger partial charge in [-0.05, 0) is 24.6 Å². The van der Waals surface area contributed by atoms with Crippen molar-refractivity contribution in [2.45, 2.75) is 26.6 Å². The Labute approximate surface area is 140 Å². The molecule has 1 aromatic carbocycles. The molecule has 0 fully saturated rings. The van der Waals surface area contributed by atoms with Crippen molar-refractivity contribution in [3.63, 3.8) is 0 Å². The molecule has 122 valence electrons. The summed E-state index contributed by atoms with van der Waals surface area (Å²) in [5.41, 5.74) is 3.22. The van der Waals surface area contributed by atoms with Gasteiger partial charge in [0, 0.05) is 32.0 Å². The summed E-state index contributed by atoms with van der Waals surface area (Å²) in [6, 6.07) is 12.2. The van der Waals surface area contributed by atoms with Crippen molar-refractivity contribution < 1.29 is 0 Å². The van der Waals surface area contributed by atoms with Gasteiger partial charge in [0.05, 0.1) is 12.2 Å². The molecule has 0 bridgehead atoms. The van der Waals surface area contributed by atoms with E-state index in [9.17, 15) is 4.79 Å². The molecule has 2 aromatic heterocycles. The van der Waals surface area contributed by atoms with E-state index in [0.29, 0.717) is 13.1 Å². The van der Waals surface area contributed by atoms with Crippen LogP contribution in [0.1, 0.15) is 17.0 Å². The largest absolute Gasteiger partial charge is 0.350 e. The molecule has 0 radical (unpaired) electrons. The average molecular weight is 321 g/mol. The van der Waals surface area contributed by atoms with Crippen molar-refractivity contribution in [1.82, 2.24) is 24.2 Å². The van der Waals surface area contributed by atoms with Crippen LogP contribution in [0, 0.1) is 6.92 Å². The first kappa shape index (κ1) is 14.8. The van der Waals surface area contributed by atoms with Gasteiger partial charge in [-0.15, -0.1) is 5.10 Å². The molecular formula is C18H19N5O. The first-order valence-corrected chi connectivity index (χ1v) is 8.08. The number of aryl methyl sites for hydroxylation is 1. The number of benzene rings is 1.